The minimum atomic E-state index is 0.0389. The van der Waals surface area contributed by atoms with Crippen LogP contribution in [0.4, 0.5) is 0 Å². The van der Waals surface area contributed by atoms with Crippen molar-refractivity contribution in [3.8, 4) is 0 Å². The maximum Gasteiger partial charge on any atom is 0.159 e. The average Bonchev–Trinajstić information content (AvgIpc) is 1.83. The van der Waals surface area contributed by atoms with Crippen molar-refractivity contribution in [1.82, 2.24) is 0 Å². The monoisotopic (exact) mass is 166 g/mol. The first-order chi connectivity index (χ1) is 5.41. The number of carbonyl (C=O) groups is 1. The van der Waals surface area contributed by atoms with Gasteiger partial charge in [-0.2, -0.15) is 0 Å². The van der Waals surface area contributed by atoms with Gasteiger partial charge in [-0.1, -0.05) is 33.8 Å². The smallest absolute Gasteiger partial charge is 0.159 e. The van der Waals surface area contributed by atoms with Gasteiger partial charge < -0.3 is 0 Å². The molecule has 1 unspecified atom stereocenters. The Hall–Kier alpha value is -0.590. The molecule has 0 amide bonds. The number of ketones is 1. The number of carbonyl (C=O) groups excluding carboxylic acids is 1. The highest BCUT2D eigenvalue weighted by molar-refractivity contribution is 5.97. The summed E-state index contributed by atoms with van der Waals surface area (Å²) in [4.78, 5) is 11.6. The average molecular weight is 166 g/mol. The van der Waals surface area contributed by atoms with E-state index < -0.39 is 0 Å². The number of allylic oxidation sites excluding steroid dienone is 2. The lowest BCUT2D eigenvalue weighted by Gasteiger charge is -2.26. The Balaban J connectivity index is 2.85. The van der Waals surface area contributed by atoms with E-state index >= 15 is 0 Å². The minimum absolute atomic E-state index is 0.0389. The van der Waals surface area contributed by atoms with E-state index in [-0.39, 0.29) is 5.41 Å². The van der Waals surface area contributed by atoms with Gasteiger partial charge in [-0.15, -0.1) is 0 Å². The standard InChI is InChI=1S/C11H18O/c1-8-5-6-9(10(12)7-8)11(2,3)4/h6,8H,5,7H2,1-4H3. The topological polar surface area (TPSA) is 17.1 Å². The van der Waals surface area contributed by atoms with Crippen molar-refractivity contribution < 1.29 is 4.79 Å². The Morgan fingerprint density at radius 2 is 2.00 bits per heavy atom. The number of hydrogen-bond acceptors (Lipinski definition) is 1. The highest BCUT2D eigenvalue weighted by Crippen LogP contribution is 2.32. The van der Waals surface area contributed by atoms with E-state index in [1.54, 1.807) is 0 Å². The fourth-order valence-corrected chi connectivity index (χ4v) is 1.67. The second-order valence-electron chi connectivity index (χ2n) is 4.84. The van der Waals surface area contributed by atoms with E-state index in [0.717, 1.165) is 18.4 Å². The molecule has 0 bridgehead atoms. The van der Waals surface area contributed by atoms with Gasteiger partial charge in [0.05, 0.1) is 0 Å². The Bertz CT molecular complexity index is 218. The van der Waals surface area contributed by atoms with Gasteiger partial charge in [0.1, 0.15) is 0 Å². The molecule has 0 saturated heterocycles. The highest BCUT2D eigenvalue weighted by atomic mass is 16.1. The van der Waals surface area contributed by atoms with E-state index in [4.69, 9.17) is 0 Å². The van der Waals surface area contributed by atoms with Crippen molar-refractivity contribution in [1.29, 1.82) is 0 Å². The molecule has 1 nitrogen and oxygen atoms in total. The molecule has 0 fully saturated rings. The molecule has 0 N–H and O–H groups in total. The SMILES string of the molecule is CC1CC=C(C(C)(C)C)C(=O)C1. The molecule has 0 spiro atoms. The molecular weight excluding hydrogens is 148 g/mol. The van der Waals surface area contributed by atoms with Crippen molar-refractivity contribution >= 4 is 5.78 Å². The van der Waals surface area contributed by atoms with Gasteiger partial charge in [-0.05, 0) is 23.3 Å². The van der Waals surface area contributed by atoms with Crippen LogP contribution < -0.4 is 0 Å². The summed E-state index contributed by atoms with van der Waals surface area (Å²) in [6.07, 6.45) is 3.93. The molecular formula is C11H18O. The van der Waals surface area contributed by atoms with E-state index in [2.05, 4.69) is 33.8 Å². The molecule has 12 heavy (non-hydrogen) atoms. The molecule has 0 saturated carbocycles. The van der Waals surface area contributed by atoms with Crippen LogP contribution in [0.1, 0.15) is 40.5 Å². The lowest BCUT2D eigenvalue weighted by Crippen LogP contribution is -2.23. The zero-order valence-corrected chi connectivity index (χ0v) is 8.48. The molecule has 1 aliphatic rings. The number of hydrogen-bond donors (Lipinski definition) is 0. The first kappa shape index (κ1) is 9.50. The van der Waals surface area contributed by atoms with Gasteiger partial charge in [0.15, 0.2) is 5.78 Å². The van der Waals surface area contributed by atoms with Crippen molar-refractivity contribution in [2.75, 3.05) is 0 Å². The van der Waals surface area contributed by atoms with Crippen molar-refractivity contribution in [2.45, 2.75) is 40.5 Å². The Morgan fingerprint density at radius 3 is 2.42 bits per heavy atom. The summed E-state index contributed by atoms with van der Waals surface area (Å²) >= 11 is 0. The summed E-state index contributed by atoms with van der Waals surface area (Å²) in [6.45, 7) is 8.44. The molecule has 0 radical (unpaired) electrons. The second-order valence-corrected chi connectivity index (χ2v) is 4.84. The molecule has 0 aromatic rings. The van der Waals surface area contributed by atoms with Crippen molar-refractivity contribution in [3.63, 3.8) is 0 Å². The van der Waals surface area contributed by atoms with Gasteiger partial charge in [0, 0.05) is 6.42 Å². The molecule has 1 aliphatic carbocycles. The van der Waals surface area contributed by atoms with E-state index in [1.807, 2.05) is 0 Å². The van der Waals surface area contributed by atoms with Crippen molar-refractivity contribution in [2.24, 2.45) is 11.3 Å². The summed E-state index contributed by atoms with van der Waals surface area (Å²) in [5.41, 5.74) is 1.07. The molecule has 1 heteroatoms. The first-order valence-corrected chi connectivity index (χ1v) is 4.65. The summed E-state index contributed by atoms with van der Waals surface area (Å²) in [5, 5.41) is 0. The van der Waals surface area contributed by atoms with Gasteiger partial charge in [0.2, 0.25) is 0 Å². The van der Waals surface area contributed by atoms with Crippen LogP contribution in [0.2, 0.25) is 0 Å². The molecule has 0 aliphatic heterocycles. The van der Waals surface area contributed by atoms with Gasteiger partial charge >= 0.3 is 0 Å². The number of rotatable bonds is 0. The normalized spacial score (nSPS) is 25.5. The Kier molecular flexibility index (Phi) is 2.41. The number of Topliss-reactive ketones (excluding diaryl/α,β-unsaturated/α-hetero) is 1. The third-order valence-corrected chi connectivity index (χ3v) is 2.37. The first-order valence-electron chi connectivity index (χ1n) is 4.65. The van der Waals surface area contributed by atoms with Gasteiger partial charge in [-0.25, -0.2) is 0 Å². The predicted octanol–water partition coefficient (Wildman–Crippen LogP) is 2.96. The Labute approximate surface area is 74.9 Å². The van der Waals surface area contributed by atoms with Crippen LogP contribution >= 0.6 is 0 Å². The third-order valence-electron chi connectivity index (χ3n) is 2.37. The fourth-order valence-electron chi connectivity index (χ4n) is 1.67. The van der Waals surface area contributed by atoms with Crippen LogP contribution in [-0.4, -0.2) is 5.78 Å². The van der Waals surface area contributed by atoms with Crippen LogP contribution in [0.25, 0.3) is 0 Å². The molecule has 68 valence electrons. The quantitative estimate of drug-likeness (QED) is 0.540. The van der Waals surface area contributed by atoms with E-state index in [9.17, 15) is 4.79 Å². The highest BCUT2D eigenvalue weighted by Gasteiger charge is 2.27. The predicted molar refractivity (Wildman–Crippen MR) is 50.9 cm³/mol. The van der Waals surface area contributed by atoms with E-state index in [0.29, 0.717) is 11.7 Å². The second kappa shape index (κ2) is 3.04. The lowest BCUT2D eigenvalue weighted by atomic mass is 9.77. The Morgan fingerprint density at radius 1 is 1.42 bits per heavy atom. The van der Waals surface area contributed by atoms with Crippen LogP contribution in [0.15, 0.2) is 11.6 Å². The van der Waals surface area contributed by atoms with Gasteiger partial charge in [0.25, 0.3) is 0 Å². The van der Waals surface area contributed by atoms with Gasteiger partial charge in [-0.3, -0.25) is 4.79 Å². The summed E-state index contributed by atoms with van der Waals surface area (Å²) in [7, 11) is 0. The summed E-state index contributed by atoms with van der Waals surface area (Å²) in [5.74, 6) is 0.893. The van der Waals surface area contributed by atoms with Crippen LogP contribution in [0.3, 0.4) is 0 Å². The van der Waals surface area contributed by atoms with Crippen molar-refractivity contribution in [3.05, 3.63) is 11.6 Å². The van der Waals surface area contributed by atoms with E-state index in [1.165, 1.54) is 0 Å². The minimum Gasteiger partial charge on any atom is -0.295 e. The fraction of sp³-hybridized carbons (Fsp3) is 0.727. The summed E-state index contributed by atoms with van der Waals surface area (Å²) < 4.78 is 0. The third kappa shape index (κ3) is 1.96. The van der Waals surface area contributed by atoms with Crippen LogP contribution in [0.5, 0.6) is 0 Å². The largest absolute Gasteiger partial charge is 0.295 e. The zero-order valence-electron chi connectivity index (χ0n) is 8.48. The zero-order chi connectivity index (χ0) is 9.35. The molecule has 1 rings (SSSR count). The molecule has 0 aromatic heterocycles. The van der Waals surface area contributed by atoms with Crippen LogP contribution in [-0.2, 0) is 4.79 Å². The molecule has 1 atom stereocenters. The summed E-state index contributed by atoms with van der Waals surface area (Å²) in [6, 6.07) is 0. The maximum atomic E-state index is 11.6. The maximum absolute atomic E-state index is 11.6. The van der Waals surface area contributed by atoms with Crippen LogP contribution in [0, 0.1) is 11.3 Å². The lowest BCUT2D eigenvalue weighted by molar-refractivity contribution is -0.117. The molecule has 0 heterocycles. The molecule has 0 aromatic carbocycles.